The van der Waals surface area contributed by atoms with Crippen LogP contribution in [0.1, 0.15) is 25.0 Å². The van der Waals surface area contributed by atoms with E-state index in [0.29, 0.717) is 0 Å². The van der Waals surface area contributed by atoms with Gasteiger partial charge in [-0.15, -0.1) is 0 Å². The Bertz CT molecular complexity index is 2020. The van der Waals surface area contributed by atoms with Crippen LogP contribution in [0.25, 0.3) is 65.7 Å². The Hall–Kier alpha value is -4.36. The first-order valence-electron chi connectivity index (χ1n) is 12.6. The van der Waals surface area contributed by atoms with Crippen molar-refractivity contribution in [1.29, 1.82) is 0 Å². The van der Waals surface area contributed by atoms with Gasteiger partial charge in [0.25, 0.3) is 0 Å². The monoisotopic (exact) mass is 460 g/mol. The van der Waals surface area contributed by atoms with Crippen molar-refractivity contribution in [1.82, 2.24) is 0 Å². The highest BCUT2D eigenvalue weighted by Crippen LogP contribution is 2.54. The highest BCUT2D eigenvalue weighted by Gasteiger charge is 2.35. The molecule has 1 aliphatic rings. The van der Waals surface area contributed by atoms with Gasteiger partial charge in [-0.2, -0.15) is 0 Å². The smallest absolute Gasteiger partial charge is 0.143 e. The van der Waals surface area contributed by atoms with Gasteiger partial charge >= 0.3 is 0 Å². The van der Waals surface area contributed by atoms with Crippen molar-refractivity contribution in [3.63, 3.8) is 0 Å². The largest absolute Gasteiger partial charge is 0.455 e. The van der Waals surface area contributed by atoms with Gasteiger partial charge < -0.3 is 4.42 Å². The van der Waals surface area contributed by atoms with Crippen LogP contribution in [-0.2, 0) is 5.41 Å². The molecule has 0 bridgehead atoms. The molecule has 0 N–H and O–H groups in total. The molecule has 1 aliphatic carbocycles. The molecular formula is C35H24O. The molecule has 0 spiro atoms. The maximum Gasteiger partial charge on any atom is 0.143 e. The highest BCUT2D eigenvalue weighted by atomic mass is 16.3. The van der Waals surface area contributed by atoms with Crippen LogP contribution >= 0.6 is 0 Å². The van der Waals surface area contributed by atoms with Gasteiger partial charge in [0.2, 0.25) is 0 Å². The summed E-state index contributed by atoms with van der Waals surface area (Å²) in [4.78, 5) is 0. The molecule has 0 saturated carbocycles. The normalized spacial score (nSPS) is 14.1. The van der Waals surface area contributed by atoms with E-state index < -0.39 is 0 Å². The van der Waals surface area contributed by atoms with E-state index in [1.165, 1.54) is 54.7 Å². The molecule has 0 fully saturated rings. The van der Waals surface area contributed by atoms with Gasteiger partial charge in [-0.05, 0) is 49.9 Å². The quantitative estimate of drug-likeness (QED) is 0.222. The van der Waals surface area contributed by atoms with Crippen molar-refractivity contribution in [3.05, 3.63) is 120 Å². The zero-order valence-corrected chi connectivity index (χ0v) is 20.3. The van der Waals surface area contributed by atoms with Crippen LogP contribution in [0, 0.1) is 0 Å². The minimum Gasteiger partial charge on any atom is -0.455 e. The summed E-state index contributed by atoms with van der Waals surface area (Å²) in [5, 5.41) is 7.54. The lowest BCUT2D eigenvalue weighted by Gasteiger charge is -2.36. The Morgan fingerprint density at radius 2 is 1.06 bits per heavy atom. The second kappa shape index (κ2) is 6.86. The topological polar surface area (TPSA) is 13.1 Å². The van der Waals surface area contributed by atoms with Crippen molar-refractivity contribution in [2.24, 2.45) is 0 Å². The van der Waals surface area contributed by atoms with Crippen molar-refractivity contribution in [3.8, 4) is 22.3 Å². The molecule has 0 aliphatic heterocycles. The second-order valence-electron chi connectivity index (χ2n) is 10.5. The van der Waals surface area contributed by atoms with Gasteiger partial charge in [0.15, 0.2) is 0 Å². The van der Waals surface area contributed by atoms with Gasteiger partial charge in [-0.3, -0.25) is 0 Å². The fraction of sp³-hybridized carbons (Fsp3) is 0.0857. The molecule has 0 saturated heterocycles. The Morgan fingerprint density at radius 1 is 0.472 bits per heavy atom. The average molecular weight is 461 g/mol. The van der Waals surface area contributed by atoms with Crippen LogP contribution < -0.4 is 0 Å². The zero-order chi connectivity index (χ0) is 24.0. The van der Waals surface area contributed by atoms with Gasteiger partial charge in [0.1, 0.15) is 11.2 Å². The standard InChI is InChI=1S/C35H24O/c1-35(2)28-18-7-5-14-25(28)32-23-13-4-3-12-22(23)31(26-16-10-19-29(35)33(26)32)27-17-9-15-24-21-11-6-8-20-30(21)36-34(24)27/h3-20H,1-2H3. The summed E-state index contributed by atoms with van der Waals surface area (Å²) >= 11 is 0. The van der Waals surface area contributed by atoms with Gasteiger partial charge in [-0.25, -0.2) is 0 Å². The van der Waals surface area contributed by atoms with E-state index in [9.17, 15) is 0 Å². The third-order valence-electron chi connectivity index (χ3n) is 8.27. The number of hydrogen-bond acceptors (Lipinski definition) is 1. The average Bonchev–Trinajstić information content (AvgIpc) is 3.30. The number of fused-ring (bicyclic) bond motifs is 7. The van der Waals surface area contributed by atoms with E-state index in [4.69, 9.17) is 4.42 Å². The third kappa shape index (κ3) is 2.40. The van der Waals surface area contributed by atoms with E-state index in [-0.39, 0.29) is 5.41 Å². The van der Waals surface area contributed by atoms with E-state index >= 15 is 0 Å². The summed E-state index contributed by atoms with van der Waals surface area (Å²) in [6.45, 7) is 4.72. The van der Waals surface area contributed by atoms with E-state index in [2.05, 4.69) is 117 Å². The second-order valence-corrected chi connectivity index (χ2v) is 10.5. The van der Waals surface area contributed by atoms with Crippen LogP contribution in [0.3, 0.4) is 0 Å². The third-order valence-corrected chi connectivity index (χ3v) is 8.27. The molecule has 1 heterocycles. The summed E-state index contributed by atoms with van der Waals surface area (Å²) < 4.78 is 6.53. The molecule has 1 aromatic heterocycles. The van der Waals surface area contributed by atoms with Gasteiger partial charge in [0, 0.05) is 27.3 Å². The molecule has 0 amide bonds. The molecule has 6 aromatic carbocycles. The predicted molar refractivity (Wildman–Crippen MR) is 152 cm³/mol. The lowest BCUT2D eigenvalue weighted by atomic mass is 9.67. The predicted octanol–water partition coefficient (Wildman–Crippen LogP) is 9.87. The van der Waals surface area contributed by atoms with Gasteiger partial charge in [-0.1, -0.05) is 117 Å². The molecule has 1 nitrogen and oxygen atoms in total. The van der Waals surface area contributed by atoms with Gasteiger partial charge in [0.05, 0.1) is 0 Å². The van der Waals surface area contributed by atoms with Crippen molar-refractivity contribution < 1.29 is 4.42 Å². The summed E-state index contributed by atoms with van der Waals surface area (Å²) in [5.41, 5.74) is 9.68. The minimum absolute atomic E-state index is 0.0891. The summed E-state index contributed by atoms with van der Waals surface area (Å²) in [6.07, 6.45) is 0. The van der Waals surface area contributed by atoms with Crippen molar-refractivity contribution >= 4 is 43.5 Å². The summed E-state index contributed by atoms with van der Waals surface area (Å²) in [6, 6.07) is 39.6. The first kappa shape index (κ1) is 19.9. The molecule has 170 valence electrons. The summed E-state index contributed by atoms with van der Waals surface area (Å²) in [7, 11) is 0. The molecule has 0 radical (unpaired) electrons. The lowest BCUT2D eigenvalue weighted by Crippen LogP contribution is -2.23. The number of hydrogen-bond donors (Lipinski definition) is 0. The van der Waals surface area contributed by atoms with Crippen LogP contribution in [0.5, 0.6) is 0 Å². The van der Waals surface area contributed by atoms with E-state index in [1.54, 1.807) is 0 Å². The Kier molecular flexibility index (Phi) is 3.79. The zero-order valence-electron chi connectivity index (χ0n) is 20.3. The molecule has 8 rings (SSSR count). The summed E-state index contributed by atoms with van der Waals surface area (Å²) in [5.74, 6) is 0. The van der Waals surface area contributed by atoms with Crippen LogP contribution in [0.2, 0.25) is 0 Å². The minimum atomic E-state index is -0.0891. The Balaban J connectivity index is 1.63. The molecule has 0 atom stereocenters. The molecule has 1 heteroatoms. The first-order chi connectivity index (χ1) is 17.6. The fourth-order valence-corrected chi connectivity index (χ4v) is 6.65. The van der Waals surface area contributed by atoms with Crippen LogP contribution in [0.15, 0.2) is 114 Å². The molecule has 36 heavy (non-hydrogen) atoms. The number of furan rings is 1. The lowest BCUT2D eigenvalue weighted by molar-refractivity contribution is 0.645. The van der Waals surface area contributed by atoms with Crippen LogP contribution in [0.4, 0.5) is 0 Å². The van der Waals surface area contributed by atoms with Crippen molar-refractivity contribution in [2.75, 3.05) is 0 Å². The van der Waals surface area contributed by atoms with Crippen molar-refractivity contribution in [2.45, 2.75) is 19.3 Å². The van der Waals surface area contributed by atoms with Crippen LogP contribution in [-0.4, -0.2) is 0 Å². The number of benzene rings is 6. The molecule has 7 aromatic rings. The molecular weight excluding hydrogens is 436 g/mol. The maximum atomic E-state index is 6.53. The van der Waals surface area contributed by atoms with E-state index in [0.717, 1.165) is 22.1 Å². The number of para-hydroxylation sites is 2. The fourth-order valence-electron chi connectivity index (χ4n) is 6.65. The molecule has 0 unspecified atom stereocenters. The number of rotatable bonds is 1. The highest BCUT2D eigenvalue weighted by molar-refractivity contribution is 6.25. The first-order valence-corrected chi connectivity index (χ1v) is 12.6. The Labute approximate surface area is 209 Å². The Morgan fingerprint density at radius 3 is 1.92 bits per heavy atom. The van der Waals surface area contributed by atoms with E-state index in [1.807, 2.05) is 6.07 Å². The maximum absolute atomic E-state index is 6.53. The SMILES string of the molecule is CC1(C)c2ccccc2-c2c3ccccc3c(-c3cccc4c3oc3ccccc34)c3cccc1c23.